The average Bonchev–Trinajstić information content (AvgIpc) is 2.63. The van der Waals surface area contributed by atoms with Crippen LogP contribution in [0.1, 0.15) is 0 Å². The normalized spacial score (nSPS) is 11.6. The van der Waals surface area contributed by atoms with Crippen molar-refractivity contribution < 1.29 is 22.8 Å². The largest absolute Gasteiger partial charge is 0.468 e. The van der Waals surface area contributed by atoms with Crippen LogP contribution in [0.5, 0.6) is 5.88 Å². The molecule has 0 amide bonds. The van der Waals surface area contributed by atoms with E-state index in [4.69, 9.17) is 16.2 Å². The lowest BCUT2D eigenvalue weighted by molar-refractivity contribution is -0.384. The molecule has 4 N–H and O–H groups in total. The van der Waals surface area contributed by atoms with Crippen molar-refractivity contribution in [2.24, 2.45) is 0 Å². The molecule has 164 valence electrons. The number of aromatic nitrogens is 3. The molecule has 0 saturated heterocycles. The fourth-order valence-corrected chi connectivity index (χ4v) is 2.42. The van der Waals surface area contributed by atoms with Gasteiger partial charge in [-0.1, -0.05) is 0 Å². The highest BCUT2D eigenvalue weighted by Crippen LogP contribution is 2.39. The summed E-state index contributed by atoms with van der Waals surface area (Å²) in [6.45, 7) is -0.804. The Hall–Kier alpha value is -3.42. The van der Waals surface area contributed by atoms with Crippen LogP contribution in [0.25, 0.3) is 11.1 Å². The summed E-state index contributed by atoms with van der Waals surface area (Å²) in [6.07, 6.45) is -3.52. The zero-order valence-corrected chi connectivity index (χ0v) is 16.5. The highest BCUT2D eigenvalue weighted by Gasteiger charge is 2.31. The second-order valence-electron chi connectivity index (χ2n) is 6.60. The predicted octanol–water partition coefficient (Wildman–Crippen LogP) is 1.55. The van der Waals surface area contributed by atoms with Gasteiger partial charge in [-0.3, -0.25) is 10.1 Å². The molecule has 0 atom stereocenters. The van der Waals surface area contributed by atoms with E-state index < -0.39 is 29.3 Å². The van der Waals surface area contributed by atoms with Crippen LogP contribution < -0.4 is 21.1 Å². The number of rotatable bonds is 8. The summed E-state index contributed by atoms with van der Waals surface area (Å²) in [5.74, 6) is -1.01. The Kier molecular flexibility index (Phi) is 6.81. The first-order valence-corrected chi connectivity index (χ1v) is 8.52. The van der Waals surface area contributed by atoms with Crippen LogP contribution in [-0.2, 0) is 0 Å². The third kappa shape index (κ3) is 5.79. The second kappa shape index (κ2) is 8.94. The number of anilines is 3. The number of nitrogens with two attached hydrogens (primary N) is 2. The van der Waals surface area contributed by atoms with Gasteiger partial charge in [0.15, 0.2) is 6.61 Å². The van der Waals surface area contributed by atoms with Crippen molar-refractivity contribution >= 4 is 23.3 Å². The summed E-state index contributed by atoms with van der Waals surface area (Å²) in [7, 11) is 5.15. The van der Waals surface area contributed by atoms with Crippen LogP contribution in [0, 0.1) is 10.1 Å². The smallest absolute Gasteiger partial charge is 0.422 e. The zero-order chi connectivity index (χ0) is 22.6. The van der Waals surface area contributed by atoms with Crippen LogP contribution in [-0.4, -0.2) is 71.8 Å². The molecule has 2 aromatic rings. The van der Waals surface area contributed by atoms with Gasteiger partial charge in [-0.15, -0.1) is 0 Å². The number of pyridine rings is 1. The molecule has 0 aliphatic carbocycles. The van der Waals surface area contributed by atoms with E-state index in [2.05, 4.69) is 15.0 Å². The Morgan fingerprint density at radius 3 is 2.37 bits per heavy atom. The minimum atomic E-state index is -4.65. The summed E-state index contributed by atoms with van der Waals surface area (Å²) in [6, 6.07) is 1.03. The van der Waals surface area contributed by atoms with Gasteiger partial charge in [-0.25, -0.2) is 4.98 Å². The maximum Gasteiger partial charge on any atom is 0.422 e. The van der Waals surface area contributed by atoms with E-state index in [9.17, 15) is 23.3 Å². The number of alkyl halides is 3. The van der Waals surface area contributed by atoms with Crippen molar-refractivity contribution in [3.8, 4) is 17.0 Å². The standard InChI is InChI=1S/C16H21F3N8O3/c1-25(2)4-5-26(3)13-11(27(28)29)6-9(10-7-22-15(21)23-12(10)20)14(24-13)30-8-16(17,18)19/h6-7H,4-5,8H2,1-3H3,(H4,20,21,22,23). The van der Waals surface area contributed by atoms with Crippen LogP contribution in [0.15, 0.2) is 12.3 Å². The highest BCUT2D eigenvalue weighted by molar-refractivity contribution is 5.81. The first-order chi connectivity index (χ1) is 13.9. The zero-order valence-electron chi connectivity index (χ0n) is 16.5. The number of ether oxygens (including phenoxy) is 1. The molecule has 0 bridgehead atoms. The van der Waals surface area contributed by atoms with Crippen LogP contribution >= 0.6 is 0 Å². The maximum atomic E-state index is 12.7. The van der Waals surface area contributed by atoms with Crippen molar-refractivity contribution in [2.75, 3.05) is 57.2 Å². The fourth-order valence-electron chi connectivity index (χ4n) is 2.42. The lowest BCUT2D eigenvalue weighted by atomic mass is 10.1. The fraction of sp³-hybridized carbons (Fsp3) is 0.438. The van der Waals surface area contributed by atoms with Gasteiger partial charge in [-0.05, 0) is 14.1 Å². The predicted molar refractivity (Wildman–Crippen MR) is 104 cm³/mol. The molecule has 0 saturated carbocycles. The Morgan fingerprint density at radius 1 is 1.17 bits per heavy atom. The molecule has 30 heavy (non-hydrogen) atoms. The van der Waals surface area contributed by atoms with Crippen LogP contribution in [0.3, 0.4) is 0 Å². The minimum Gasteiger partial charge on any atom is -0.468 e. The average molecular weight is 430 g/mol. The third-order valence-electron chi connectivity index (χ3n) is 3.89. The Morgan fingerprint density at radius 2 is 1.83 bits per heavy atom. The number of nitro groups is 1. The highest BCUT2D eigenvalue weighted by atomic mass is 19.4. The molecule has 0 aliphatic heterocycles. The molecule has 0 unspecified atom stereocenters. The van der Waals surface area contributed by atoms with Crippen molar-refractivity contribution in [3.63, 3.8) is 0 Å². The number of halogens is 3. The van der Waals surface area contributed by atoms with Crippen LogP contribution in [0.2, 0.25) is 0 Å². The molecule has 0 spiro atoms. The van der Waals surface area contributed by atoms with E-state index in [1.807, 2.05) is 4.90 Å². The summed E-state index contributed by atoms with van der Waals surface area (Å²) in [5.41, 5.74) is 10.6. The third-order valence-corrected chi connectivity index (χ3v) is 3.89. The minimum absolute atomic E-state index is 0.000492. The molecule has 2 heterocycles. The van der Waals surface area contributed by atoms with Crippen molar-refractivity contribution in [1.29, 1.82) is 0 Å². The lowest BCUT2D eigenvalue weighted by Gasteiger charge is -2.22. The Labute approximate surface area is 169 Å². The molecule has 0 aromatic carbocycles. The quantitative estimate of drug-likeness (QED) is 0.466. The molecule has 2 aromatic heterocycles. The van der Waals surface area contributed by atoms with Gasteiger partial charge in [0.25, 0.3) is 0 Å². The molecule has 11 nitrogen and oxygen atoms in total. The number of nitrogen functional groups attached to an aromatic ring is 2. The maximum absolute atomic E-state index is 12.7. The van der Waals surface area contributed by atoms with Crippen LogP contribution in [0.4, 0.5) is 36.4 Å². The Balaban J connectivity index is 2.63. The summed E-state index contributed by atoms with van der Waals surface area (Å²) in [5, 5.41) is 11.6. The van der Waals surface area contributed by atoms with Gasteiger partial charge in [0, 0.05) is 38.0 Å². The van der Waals surface area contributed by atoms with Crippen molar-refractivity contribution in [3.05, 3.63) is 22.4 Å². The number of nitrogens with zero attached hydrogens (tertiary/aromatic N) is 6. The van der Waals surface area contributed by atoms with Gasteiger partial charge < -0.3 is 26.0 Å². The summed E-state index contributed by atoms with van der Waals surface area (Å²) in [4.78, 5) is 25.7. The SMILES string of the molecule is CN(C)CCN(C)c1nc(OCC(F)(F)F)c(-c2cnc(N)nc2N)cc1[N+](=O)[O-]. The second-order valence-corrected chi connectivity index (χ2v) is 6.60. The molecule has 0 fully saturated rings. The van der Waals surface area contributed by atoms with Gasteiger partial charge in [0.05, 0.1) is 10.5 Å². The van der Waals surface area contributed by atoms with Gasteiger partial charge in [0.1, 0.15) is 5.82 Å². The van der Waals surface area contributed by atoms with Crippen molar-refractivity contribution in [1.82, 2.24) is 19.9 Å². The van der Waals surface area contributed by atoms with Gasteiger partial charge in [-0.2, -0.15) is 23.1 Å². The topological polar surface area (TPSA) is 150 Å². The molecule has 0 aliphatic rings. The van der Waals surface area contributed by atoms with E-state index in [1.165, 1.54) is 11.9 Å². The first-order valence-electron chi connectivity index (χ1n) is 8.52. The molecule has 0 radical (unpaired) electrons. The number of hydrogen-bond donors (Lipinski definition) is 2. The molecular formula is C16H21F3N8O3. The summed E-state index contributed by atoms with van der Waals surface area (Å²) < 4.78 is 43.1. The molecular weight excluding hydrogens is 409 g/mol. The van der Waals surface area contributed by atoms with Gasteiger partial charge >= 0.3 is 11.9 Å². The van der Waals surface area contributed by atoms with E-state index in [0.717, 1.165) is 12.3 Å². The number of likely N-dealkylation sites (N-methyl/N-ethyl adjacent to an activating group) is 2. The first kappa shape index (κ1) is 22.9. The number of hydrogen-bond acceptors (Lipinski definition) is 10. The Bertz CT molecular complexity index is 923. The van der Waals surface area contributed by atoms with E-state index in [0.29, 0.717) is 13.1 Å². The van der Waals surface area contributed by atoms with Gasteiger partial charge in [0.2, 0.25) is 17.6 Å². The van der Waals surface area contributed by atoms with E-state index >= 15 is 0 Å². The molecule has 14 heteroatoms. The molecule has 2 rings (SSSR count). The lowest BCUT2D eigenvalue weighted by Crippen LogP contribution is -2.29. The van der Waals surface area contributed by atoms with E-state index in [-0.39, 0.29) is 28.7 Å². The summed E-state index contributed by atoms with van der Waals surface area (Å²) >= 11 is 0. The van der Waals surface area contributed by atoms with E-state index in [1.54, 1.807) is 14.1 Å². The monoisotopic (exact) mass is 430 g/mol. The van der Waals surface area contributed by atoms with Crippen molar-refractivity contribution in [2.45, 2.75) is 6.18 Å².